The quantitative estimate of drug-likeness (QED) is 0.780. The topological polar surface area (TPSA) is 84.1 Å². The van der Waals surface area contributed by atoms with Gasteiger partial charge in [0.15, 0.2) is 0 Å². The molecule has 0 aliphatic carbocycles. The summed E-state index contributed by atoms with van der Waals surface area (Å²) in [6.45, 7) is 5.56. The Morgan fingerprint density at radius 2 is 2.05 bits per heavy atom. The standard InChI is InChI=1S/C13H23N3O3S/c1-10-13(11(2)16-15-10)20(17,18)14-7-3-4-12-5-8-19-9-6-12/h12,14H,3-9H2,1-2H3,(H,15,16). The Morgan fingerprint density at radius 1 is 1.35 bits per heavy atom. The first-order valence-corrected chi connectivity index (χ1v) is 8.58. The zero-order chi connectivity index (χ0) is 14.6. The van der Waals surface area contributed by atoms with Crippen LogP contribution in [0.1, 0.15) is 37.1 Å². The van der Waals surface area contributed by atoms with Crippen molar-refractivity contribution in [1.82, 2.24) is 14.9 Å². The summed E-state index contributed by atoms with van der Waals surface area (Å²) in [4.78, 5) is 0.281. The Morgan fingerprint density at radius 3 is 2.65 bits per heavy atom. The van der Waals surface area contributed by atoms with E-state index in [0.29, 0.717) is 23.9 Å². The smallest absolute Gasteiger partial charge is 0.244 e. The number of nitrogens with zero attached hydrogens (tertiary/aromatic N) is 1. The molecule has 1 fully saturated rings. The number of sulfonamides is 1. The lowest BCUT2D eigenvalue weighted by Gasteiger charge is -2.21. The number of aromatic nitrogens is 2. The average molecular weight is 301 g/mol. The second kappa shape index (κ2) is 6.69. The second-order valence-corrected chi connectivity index (χ2v) is 7.06. The number of H-pyrrole nitrogens is 1. The molecule has 0 atom stereocenters. The number of aryl methyl sites for hydroxylation is 2. The van der Waals surface area contributed by atoms with Gasteiger partial charge in [-0.3, -0.25) is 5.10 Å². The van der Waals surface area contributed by atoms with Crippen LogP contribution in [-0.4, -0.2) is 38.4 Å². The van der Waals surface area contributed by atoms with Crippen LogP contribution in [0.4, 0.5) is 0 Å². The molecule has 0 radical (unpaired) electrons. The summed E-state index contributed by atoms with van der Waals surface area (Å²) in [5.74, 6) is 0.672. The maximum Gasteiger partial charge on any atom is 0.244 e. The normalized spacial score (nSPS) is 17.5. The van der Waals surface area contributed by atoms with Crippen molar-refractivity contribution in [1.29, 1.82) is 0 Å². The lowest BCUT2D eigenvalue weighted by atomic mass is 9.95. The number of aromatic amines is 1. The molecule has 2 heterocycles. The van der Waals surface area contributed by atoms with Crippen LogP contribution in [0.2, 0.25) is 0 Å². The molecular weight excluding hydrogens is 278 g/mol. The number of rotatable bonds is 6. The average Bonchev–Trinajstić information content (AvgIpc) is 2.76. The van der Waals surface area contributed by atoms with Crippen LogP contribution < -0.4 is 4.72 Å². The van der Waals surface area contributed by atoms with E-state index in [0.717, 1.165) is 38.9 Å². The number of ether oxygens (including phenoxy) is 1. The van der Waals surface area contributed by atoms with E-state index in [1.807, 2.05) is 0 Å². The third-order valence-electron chi connectivity index (χ3n) is 3.75. The van der Waals surface area contributed by atoms with Crippen LogP contribution in [0, 0.1) is 19.8 Å². The summed E-state index contributed by atoms with van der Waals surface area (Å²) in [7, 11) is -3.45. The molecule has 0 amide bonds. The van der Waals surface area contributed by atoms with Crippen molar-refractivity contribution in [2.24, 2.45) is 5.92 Å². The fourth-order valence-corrected chi connectivity index (χ4v) is 4.08. The van der Waals surface area contributed by atoms with E-state index in [1.165, 1.54) is 0 Å². The van der Waals surface area contributed by atoms with Crippen molar-refractivity contribution in [3.8, 4) is 0 Å². The van der Waals surface area contributed by atoms with Crippen molar-refractivity contribution >= 4 is 10.0 Å². The van der Waals surface area contributed by atoms with Gasteiger partial charge in [0.05, 0.1) is 11.4 Å². The first kappa shape index (κ1) is 15.5. The third-order valence-corrected chi connectivity index (χ3v) is 5.47. The van der Waals surface area contributed by atoms with Gasteiger partial charge in [-0.2, -0.15) is 5.10 Å². The molecule has 1 saturated heterocycles. The number of nitrogens with one attached hydrogen (secondary N) is 2. The van der Waals surface area contributed by atoms with Gasteiger partial charge in [-0.25, -0.2) is 13.1 Å². The summed E-state index contributed by atoms with van der Waals surface area (Å²) in [6.07, 6.45) is 4.09. The summed E-state index contributed by atoms with van der Waals surface area (Å²) in [5.41, 5.74) is 1.10. The highest BCUT2D eigenvalue weighted by Crippen LogP contribution is 2.20. The summed E-state index contributed by atoms with van der Waals surface area (Å²) in [5, 5.41) is 6.63. The van der Waals surface area contributed by atoms with E-state index in [2.05, 4.69) is 14.9 Å². The zero-order valence-corrected chi connectivity index (χ0v) is 12.9. The highest BCUT2D eigenvalue weighted by Gasteiger charge is 2.21. The predicted octanol–water partition coefficient (Wildman–Crippen LogP) is 1.51. The summed E-state index contributed by atoms with van der Waals surface area (Å²) < 4.78 is 32.4. The van der Waals surface area contributed by atoms with Crippen LogP contribution >= 0.6 is 0 Å². The maximum absolute atomic E-state index is 12.2. The minimum Gasteiger partial charge on any atom is -0.381 e. The molecule has 114 valence electrons. The molecule has 0 aromatic carbocycles. The van der Waals surface area contributed by atoms with E-state index in [-0.39, 0.29) is 4.90 Å². The molecule has 0 spiro atoms. The van der Waals surface area contributed by atoms with E-state index in [1.54, 1.807) is 13.8 Å². The molecule has 2 N–H and O–H groups in total. The predicted molar refractivity (Wildman–Crippen MR) is 76.0 cm³/mol. The van der Waals surface area contributed by atoms with E-state index >= 15 is 0 Å². The lowest BCUT2D eigenvalue weighted by Crippen LogP contribution is -2.26. The number of hydrogen-bond donors (Lipinski definition) is 2. The van der Waals surface area contributed by atoms with Gasteiger partial charge in [-0.05, 0) is 45.4 Å². The fourth-order valence-electron chi connectivity index (χ4n) is 2.64. The van der Waals surface area contributed by atoms with Gasteiger partial charge in [0.25, 0.3) is 0 Å². The molecule has 1 aliphatic heterocycles. The molecule has 1 aromatic rings. The largest absolute Gasteiger partial charge is 0.381 e. The van der Waals surface area contributed by atoms with Gasteiger partial charge in [-0.1, -0.05) is 0 Å². The Balaban J connectivity index is 1.81. The molecule has 0 saturated carbocycles. The fraction of sp³-hybridized carbons (Fsp3) is 0.769. The van der Waals surface area contributed by atoms with Crippen molar-refractivity contribution < 1.29 is 13.2 Å². The maximum atomic E-state index is 12.2. The van der Waals surface area contributed by atoms with E-state index in [9.17, 15) is 8.42 Å². The van der Waals surface area contributed by atoms with Gasteiger partial charge >= 0.3 is 0 Å². The molecule has 1 aliphatic rings. The molecule has 20 heavy (non-hydrogen) atoms. The molecule has 1 aromatic heterocycles. The minimum atomic E-state index is -3.45. The number of hydrogen-bond acceptors (Lipinski definition) is 4. The Kier molecular flexibility index (Phi) is 5.17. The van der Waals surface area contributed by atoms with Gasteiger partial charge < -0.3 is 4.74 Å². The summed E-state index contributed by atoms with van der Waals surface area (Å²) in [6, 6.07) is 0. The Hall–Kier alpha value is -0.920. The van der Waals surface area contributed by atoms with Gasteiger partial charge in [-0.15, -0.1) is 0 Å². The molecule has 2 rings (SSSR count). The molecule has 7 heteroatoms. The van der Waals surface area contributed by atoms with Gasteiger partial charge in [0.1, 0.15) is 4.90 Å². The second-order valence-electron chi connectivity index (χ2n) is 5.36. The first-order valence-electron chi connectivity index (χ1n) is 7.09. The van der Waals surface area contributed by atoms with Crippen LogP contribution in [0.3, 0.4) is 0 Å². The Labute approximate surface area is 120 Å². The van der Waals surface area contributed by atoms with Crippen molar-refractivity contribution in [2.45, 2.75) is 44.4 Å². The van der Waals surface area contributed by atoms with Crippen molar-refractivity contribution in [2.75, 3.05) is 19.8 Å². The highest BCUT2D eigenvalue weighted by atomic mass is 32.2. The SMILES string of the molecule is Cc1n[nH]c(C)c1S(=O)(=O)NCCCC1CCOCC1. The highest BCUT2D eigenvalue weighted by molar-refractivity contribution is 7.89. The first-order chi connectivity index (χ1) is 9.50. The third kappa shape index (κ3) is 3.80. The van der Waals surface area contributed by atoms with Crippen molar-refractivity contribution in [3.05, 3.63) is 11.4 Å². The molecule has 0 bridgehead atoms. The van der Waals surface area contributed by atoms with Gasteiger partial charge in [0.2, 0.25) is 10.0 Å². The van der Waals surface area contributed by atoms with E-state index in [4.69, 9.17) is 4.74 Å². The van der Waals surface area contributed by atoms with Gasteiger partial charge in [0, 0.05) is 19.8 Å². The monoisotopic (exact) mass is 301 g/mol. The zero-order valence-electron chi connectivity index (χ0n) is 12.1. The minimum absolute atomic E-state index is 0.281. The Bertz CT molecular complexity index is 514. The molecule has 6 nitrogen and oxygen atoms in total. The van der Waals surface area contributed by atoms with E-state index < -0.39 is 10.0 Å². The molecule has 0 unspecified atom stereocenters. The molecular formula is C13H23N3O3S. The van der Waals surface area contributed by atoms with Crippen LogP contribution in [0.25, 0.3) is 0 Å². The van der Waals surface area contributed by atoms with Crippen molar-refractivity contribution in [3.63, 3.8) is 0 Å². The lowest BCUT2D eigenvalue weighted by molar-refractivity contribution is 0.0634. The van der Waals surface area contributed by atoms with Crippen LogP contribution in [0.5, 0.6) is 0 Å². The van der Waals surface area contributed by atoms with Crippen LogP contribution in [0.15, 0.2) is 4.90 Å². The van der Waals surface area contributed by atoms with Crippen LogP contribution in [-0.2, 0) is 14.8 Å². The summed E-state index contributed by atoms with van der Waals surface area (Å²) >= 11 is 0.